The second kappa shape index (κ2) is 27.0. The van der Waals surface area contributed by atoms with Crippen molar-refractivity contribution < 1.29 is 76.5 Å². The highest BCUT2D eigenvalue weighted by atomic mass is 31.1. The molecule has 26 heteroatoms. The average Bonchev–Trinajstić information content (AvgIpc) is 1.54. The van der Waals surface area contributed by atoms with Gasteiger partial charge in [0.2, 0.25) is 23.6 Å². The van der Waals surface area contributed by atoms with Crippen LogP contribution in [-0.2, 0) is 57.3 Å². The maximum absolute atomic E-state index is 15.6. The molecule has 96 heavy (non-hydrogen) atoms. The Hall–Kier alpha value is -9.40. The molecule has 8 fully saturated rings. The fourth-order valence-electron chi connectivity index (χ4n) is 15.5. The van der Waals surface area contributed by atoms with E-state index in [9.17, 15) is 19.2 Å². The zero-order chi connectivity index (χ0) is 67.4. The van der Waals surface area contributed by atoms with Crippen molar-refractivity contribution >= 4 is 97.6 Å². The topological polar surface area (TPSA) is 268 Å². The minimum atomic E-state index is -2.38. The van der Waals surface area contributed by atoms with Crippen LogP contribution in [0.1, 0.15) is 164 Å². The highest BCUT2D eigenvalue weighted by Gasteiger charge is 2.61. The lowest BCUT2D eigenvalue weighted by Crippen LogP contribution is -2.51. The maximum atomic E-state index is 15.6. The molecular weight excluding hydrogens is 1270 g/mol. The van der Waals surface area contributed by atoms with Crippen molar-refractivity contribution in [3.05, 3.63) is 166 Å². The normalized spacial score (nSPS) is 24.4. The van der Waals surface area contributed by atoms with Gasteiger partial charge in [-0.2, -0.15) is 0 Å². The van der Waals surface area contributed by atoms with E-state index in [1.807, 2.05) is 12.1 Å². The standard InChI is InChI=1S/C70H72N8O16P2/c1-91-67(87)49-27-15-37-71(49)59(83)41-19-5-9-23-45(41)63-75-55(79)33-34-56(80)76(75)64(46-24-10-6-20-42(46)60(84)72-38-16-28-50(72)68(88)92-2)95(63)53-31-13-14-32-54(53)96-65(47-25-11-7-21-43(47)61(85)73-39-17-29-51(73)69(89)93-3)77-57(81)35-36-58(82)78(77)66(96)48-26-12-8-22-44(48)62(86)74-40-18-30-52(74)70(90)94-4/h5-14,19-26,31-32,49-52,63-66H,15-18,27-30,33-40H2,1-4H3/t49-,50-,51-,52-,63+,64+,65+,66+/m0/s1. The summed E-state index contributed by atoms with van der Waals surface area (Å²) < 4.78 is 20.9. The summed E-state index contributed by atoms with van der Waals surface area (Å²) in [5, 5.41) is 6.58. The Morgan fingerprint density at radius 2 is 0.531 bits per heavy atom. The molecule has 0 saturated carbocycles. The number of rotatable bonds is 14. The van der Waals surface area contributed by atoms with Crippen LogP contribution in [0.3, 0.4) is 0 Å². The number of esters is 4. The third kappa shape index (κ3) is 11.0. The van der Waals surface area contributed by atoms with E-state index in [4.69, 9.17) is 18.9 Å². The molecule has 24 nitrogen and oxygen atoms in total. The minimum absolute atomic E-state index is 0.109. The zero-order valence-corrected chi connectivity index (χ0v) is 55.3. The molecule has 13 rings (SSSR count). The first-order valence-electron chi connectivity index (χ1n) is 32.4. The average molecular weight is 1340 g/mol. The monoisotopic (exact) mass is 1340 g/mol. The number of fused-ring (bicyclic) bond motifs is 2. The van der Waals surface area contributed by atoms with Gasteiger partial charge in [-0.3, -0.25) is 38.4 Å². The molecule has 8 aliphatic heterocycles. The van der Waals surface area contributed by atoms with Crippen molar-refractivity contribution in [3.8, 4) is 0 Å². The molecule has 8 atom stereocenters. The Morgan fingerprint density at radius 3 is 0.750 bits per heavy atom. The fourth-order valence-corrected chi connectivity index (χ4v) is 23.0. The van der Waals surface area contributed by atoms with Crippen molar-refractivity contribution in [3.63, 3.8) is 0 Å². The van der Waals surface area contributed by atoms with E-state index in [1.165, 1.54) is 68.1 Å². The Morgan fingerprint density at radius 1 is 0.323 bits per heavy atom. The Kier molecular flexibility index (Phi) is 18.4. The SMILES string of the molecule is COC(=O)[C@@H]1CCCN1C(=O)c1ccccc1[C@@H]1N2C(=O)CCC(=O)N2[C@@H](c2ccccc2C(=O)N2CCC[C@H]2C(=O)OC)P1c1ccccc1P1[C@H](c2ccccc2C(=O)N2CCC[C@H]2C(=O)OC)N2C(=O)CCC(=O)N2[C@H]1c1ccccc1C(=O)N1CCC[C@H]1C(=O)OC. The van der Waals surface area contributed by atoms with Crippen LogP contribution >= 0.6 is 15.8 Å². The second-order valence-corrected chi connectivity index (χ2v) is 29.4. The number of nitrogens with zero attached hydrogens (tertiary/aromatic N) is 8. The lowest BCUT2D eigenvalue weighted by atomic mass is 10.0. The van der Waals surface area contributed by atoms with E-state index in [0.717, 1.165) is 0 Å². The number of ether oxygens (including phenoxy) is 4. The summed E-state index contributed by atoms with van der Waals surface area (Å²) in [5.74, 6) is -11.6. The van der Waals surface area contributed by atoms with Gasteiger partial charge >= 0.3 is 23.9 Å². The number of carbonyl (C=O) groups excluding carboxylic acids is 12. The number of methoxy groups -OCH3 is 4. The molecule has 0 bridgehead atoms. The summed E-state index contributed by atoms with van der Waals surface area (Å²) in [7, 11) is 0.237. The van der Waals surface area contributed by atoms with Gasteiger partial charge in [0.15, 0.2) is 0 Å². The van der Waals surface area contributed by atoms with Gasteiger partial charge in [-0.1, -0.05) is 97.1 Å². The summed E-state index contributed by atoms with van der Waals surface area (Å²) >= 11 is 0. The summed E-state index contributed by atoms with van der Waals surface area (Å²) in [6.45, 7) is 0.767. The first-order valence-corrected chi connectivity index (χ1v) is 35.4. The van der Waals surface area contributed by atoms with E-state index in [1.54, 1.807) is 109 Å². The summed E-state index contributed by atoms with van der Waals surface area (Å²) in [6, 6.07) is 30.3. The van der Waals surface area contributed by atoms with Crippen LogP contribution in [0.25, 0.3) is 0 Å². The summed E-state index contributed by atoms with van der Waals surface area (Å²) in [4.78, 5) is 184. The third-order valence-electron chi connectivity index (χ3n) is 19.8. The number of likely N-dealkylation sites (tertiary alicyclic amines) is 4. The van der Waals surface area contributed by atoms with Gasteiger partial charge < -0.3 is 38.5 Å². The minimum Gasteiger partial charge on any atom is -0.467 e. The molecule has 0 unspecified atom stereocenters. The van der Waals surface area contributed by atoms with E-state index >= 15 is 38.4 Å². The van der Waals surface area contributed by atoms with Gasteiger partial charge in [-0.05, 0) is 124 Å². The van der Waals surface area contributed by atoms with Crippen LogP contribution in [0.5, 0.6) is 0 Å². The maximum Gasteiger partial charge on any atom is 0.328 e. The Balaban J connectivity index is 1.10. The highest BCUT2D eigenvalue weighted by Crippen LogP contribution is 2.75. The third-order valence-corrected chi connectivity index (χ3v) is 26.0. The van der Waals surface area contributed by atoms with Crippen LogP contribution in [-0.4, -0.2) is 190 Å². The van der Waals surface area contributed by atoms with Crippen LogP contribution in [0.15, 0.2) is 121 Å². The van der Waals surface area contributed by atoms with Crippen LogP contribution in [0.4, 0.5) is 0 Å². The Labute approximate surface area is 556 Å². The smallest absolute Gasteiger partial charge is 0.328 e. The largest absolute Gasteiger partial charge is 0.467 e. The van der Waals surface area contributed by atoms with Crippen LogP contribution in [0.2, 0.25) is 0 Å². The van der Waals surface area contributed by atoms with Gasteiger partial charge in [-0.25, -0.2) is 39.2 Å². The number of hydrogen-bond donors (Lipinski definition) is 0. The quantitative estimate of drug-likeness (QED) is 0.0646. The molecule has 8 amide bonds. The molecule has 5 aromatic rings. The van der Waals surface area contributed by atoms with E-state index in [0.29, 0.717) is 84.2 Å². The number of hydrazine groups is 2. The van der Waals surface area contributed by atoms with Gasteiger partial charge in [-0.15, -0.1) is 0 Å². The molecule has 0 radical (unpaired) electrons. The summed E-state index contributed by atoms with van der Waals surface area (Å²) in [5.41, 5.74) is 1.63. The van der Waals surface area contributed by atoms with Crippen molar-refractivity contribution in [1.29, 1.82) is 0 Å². The van der Waals surface area contributed by atoms with Crippen molar-refractivity contribution in [1.82, 2.24) is 39.6 Å². The highest BCUT2D eigenvalue weighted by molar-refractivity contribution is 7.73. The summed E-state index contributed by atoms with van der Waals surface area (Å²) in [6.07, 6.45) is 2.22. The van der Waals surface area contributed by atoms with Gasteiger partial charge in [0.05, 0.1) is 28.4 Å². The molecule has 8 heterocycles. The van der Waals surface area contributed by atoms with E-state index in [-0.39, 0.29) is 74.1 Å². The van der Waals surface area contributed by atoms with E-state index < -0.39 is 134 Å². The molecule has 8 aliphatic rings. The van der Waals surface area contributed by atoms with Crippen molar-refractivity contribution in [2.24, 2.45) is 0 Å². The molecule has 498 valence electrons. The molecule has 8 saturated heterocycles. The molecular formula is C70H72N8O16P2. The predicted molar refractivity (Wildman–Crippen MR) is 346 cm³/mol. The van der Waals surface area contributed by atoms with E-state index in [2.05, 4.69) is 0 Å². The van der Waals surface area contributed by atoms with Crippen LogP contribution < -0.4 is 10.6 Å². The van der Waals surface area contributed by atoms with Gasteiger partial charge in [0, 0.05) is 74.1 Å². The molecule has 0 aromatic heterocycles. The zero-order valence-electron chi connectivity index (χ0n) is 53.5. The number of carbonyl (C=O) groups is 12. The van der Waals surface area contributed by atoms with Crippen molar-refractivity contribution in [2.75, 3.05) is 54.6 Å². The fraction of sp³-hybridized carbons (Fsp3) is 0.400. The Bertz CT molecular complexity index is 3570. The lowest BCUT2D eigenvalue weighted by Gasteiger charge is -2.38. The van der Waals surface area contributed by atoms with Crippen LogP contribution in [0, 0.1) is 0 Å². The first kappa shape index (κ1) is 65.3. The van der Waals surface area contributed by atoms with Crippen molar-refractivity contribution in [2.45, 2.75) is 124 Å². The molecule has 0 N–H and O–H groups in total. The lowest BCUT2D eigenvalue weighted by molar-refractivity contribution is -0.171. The molecule has 0 aliphatic carbocycles. The van der Waals surface area contributed by atoms with Gasteiger partial charge in [0.25, 0.3) is 23.6 Å². The number of benzene rings is 5. The molecule has 5 aromatic carbocycles. The number of amides is 8. The predicted octanol–water partition coefficient (Wildman–Crippen LogP) is 6.57. The first-order chi connectivity index (χ1) is 46.5. The molecule has 0 spiro atoms. The van der Waals surface area contributed by atoms with Gasteiger partial charge in [0.1, 0.15) is 47.3 Å². The second-order valence-electron chi connectivity index (χ2n) is 24.8. The number of hydrogen-bond acceptors (Lipinski definition) is 16.